The molecule has 0 aliphatic carbocycles. The number of amides is 3. The van der Waals surface area contributed by atoms with Gasteiger partial charge in [0.1, 0.15) is 6.04 Å². The maximum atomic E-state index is 13.7. The summed E-state index contributed by atoms with van der Waals surface area (Å²) in [5.74, 6) is -1.09. The summed E-state index contributed by atoms with van der Waals surface area (Å²) < 4.78 is 24.4. The molecule has 0 bridgehead atoms. The highest BCUT2D eigenvalue weighted by Gasteiger charge is 2.43. The van der Waals surface area contributed by atoms with Gasteiger partial charge < -0.3 is 11.1 Å². The molecule has 12 heteroatoms. The topological polar surface area (TPSA) is 139 Å². The van der Waals surface area contributed by atoms with E-state index in [0.29, 0.717) is 24.8 Å². The van der Waals surface area contributed by atoms with Gasteiger partial charge in [0.2, 0.25) is 17.7 Å². The number of benzene rings is 2. The lowest BCUT2D eigenvalue weighted by Crippen LogP contribution is -2.54. The van der Waals surface area contributed by atoms with Gasteiger partial charge in [-0.15, -0.1) is 8.86 Å². The SMILES string of the molecule is C[C@H]1CCc2cc(Br)cc3c2N(C1=O)[C@H](C(=O)N[C@@H](CCC(N)=O)C(=P)NCc1ccc(S(C)(=O)=O)cc1)C3. The zero-order chi connectivity index (χ0) is 28.5. The van der Waals surface area contributed by atoms with Crippen LogP contribution in [-0.2, 0) is 43.6 Å². The zero-order valence-electron chi connectivity index (χ0n) is 21.8. The molecule has 3 atom stereocenters. The first-order valence-corrected chi connectivity index (χ1v) is 15.9. The number of primary amides is 1. The Bertz CT molecular complexity index is 1430. The number of carbonyl (C=O) groups is 3. The standard InChI is InChI=1S/C27H32BrN4O5PS/c1-15-3-6-17-11-19(28)12-18-13-22(32(24(17)18)27(15)35)25(34)31-21(9-10-23(29)33)26(38)30-14-16-4-7-20(8-5-16)39(2,36)37/h4-5,7-8,11-12,15,21-22,30,38H,3,6,9-10,13-14H2,1-2H3,(H2,29,33)(H,31,34)/t15-,21-,22-/m0/s1. The molecule has 2 aliphatic heterocycles. The van der Waals surface area contributed by atoms with Gasteiger partial charge in [0.25, 0.3) is 0 Å². The molecular weight excluding hydrogens is 603 g/mol. The second kappa shape index (κ2) is 11.9. The Balaban J connectivity index is 1.50. The van der Waals surface area contributed by atoms with Crippen LogP contribution >= 0.6 is 24.8 Å². The minimum atomic E-state index is -3.30. The molecule has 0 saturated heterocycles. The van der Waals surface area contributed by atoms with Crippen LogP contribution in [0.25, 0.3) is 0 Å². The molecule has 4 rings (SSSR count). The smallest absolute Gasteiger partial charge is 0.244 e. The Hall–Kier alpha value is -2.59. The molecule has 2 aromatic rings. The van der Waals surface area contributed by atoms with Crippen molar-refractivity contribution in [2.75, 3.05) is 11.2 Å². The highest BCUT2D eigenvalue weighted by Crippen LogP contribution is 2.42. The van der Waals surface area contributed by atoms with E-state index < -0.39 is 27.8 Å². The van der Waals surface area contributed by atoms with E-state index in [4.69, 9.17) is 5.73 Å². The van der Waals surface area contributed by atoms with Crippen molar-refractivity contribution < 1.29 is 22.8 Å². The normalized spacial score (nSPS) is 19.3. The molecule has 2 heterocycles. The van der Waals surface area contributed by atoms with Crippen LogP contribution in [0, 0.1) is 5.92 Å². The molecule has 2 aliphatic rings. The third kappa shape index (κ3) is 6.77. The molecule has 0 fully saturated rings. The number of sulfone groups is 1. The molecule has 4 N–H and O–H groups in total. The largest absolute Gasteiger partial charge is 0.370 e. The maximum absolute atomic E-state index is 13.7. The van der Waals surface area contributed by atoms with Crippen molar-refractivity contribution in [3.63, 3.8) is 0 Å². The molecule has 208 valence electrons. The molecule has 0 radical (unpaired) electrons. The summed E-state index contributed by atoms with van der Waals surface area (Å²) in [4.78, 5) is 40.5. The molecular formula is C27H32BrN4O5PS. The number of nitrogens with one attached hydrogen (secondary N) is 2. The van der Waals surface area contributed by atoms with Crippen LogP contribution in [0.5, 0.6) is 0 Å². The highest BCUT2D eigenvalue weighted by atomic mass is 79.9. The summed E-state index contributed by atoms with van der Waals surface area (Å²) in [5.41, 5.74) is 9.59. The van der Waals surface area contributed by atoms with Crippen molar-refractivity contribution in [3.8, 4) is 0 Å². The minimum Gasteiger partial charge on any atom is -0.370 e. The highest BCUT2D eigenvalue weighted by molar-refractivity contribution is 9.10. The van der Waals surface area contributed by atoms with Crippen LogP contribution < -0.4 is 21.3 Å². The molecule has 0 saturated carbocycles. The summed E-state index contributed by atoms with van der Waals surface area (Å²) in [6.45, 7) is 2.24. The Labute approximate surface area is 239 Å². The van der Waals surface area contributed by atoms with E-state index in [-0.39, 0.29) is 35.5 Å². The summed E-state index contributed by atoms with van der Waals surface area (Å²) in [6.07, 6.45) is 3.31. The summed E-state index contributed by atoms with van der Waals surface area (Å²) in [6, 6.07) is 9.17. The van der Waals surface area contributed by atoms with Gasteiger partial charge in [0.05, 0.1) is 16.6 Å². The van der Waals surface area contributed by atoms with E-state index in [1.165, 1.54) is 12.1 Å². The predicted molar refractivity (Wildman–Crippen MR) is 157 cm³/mol. The molecule has 0 spiro atoms. The average Bonchev–Trinajstić information content (AvgIpc) is 3.20. The van der Waals surface area contributed by atoms with Crippen molar-refractivity contribution in [1.29, 1.82) is 0 Å². The van der Waals surface area contributed by atoms with Crippen molar-refractivity contribution in [1.82, 2.24) is 10.6 Å². The van der Waals surface area contributed by atoms with Crippen molar-refractivity contribution in [2.45, 2.75) is 62.6 Å². The number of anilines is 1. The Morgan fingerprint density at radius 1 is 1.21 bits per heavy atom. The van der Waals surface area contributed by atoms with Crippen molar-refractivity contribution >= 4 is 63.5 Å². The number of aryl methyl sites for hydroxylation is 1. The van der Waals surface area contributed by atoms with Crippen LogP contribution in [0.1, 0.15) is 42.9 Å². The van der Waals surface area contributed by atoms with Crippen LogP contribution in [0.4, 0.5) is 5.69 Å². The average molecular weight is 636 g/mol. The number of nitrogens with two attached hydrogens (primary N) is 1. The predicted octanol–water partition coefficient (Wildman–Crippen LogP) is 2.51. The third-order valence-corrected chi connectivity index (χ3v) is 9.30. The molecule has 9 nitrogen and oxygen atoms in total. The third-order valence-electron chi connectivity index (χ3n) is 7.19. The van der Waals surface area contributed by atoms with Gasteiger partial charge in [-0.05, 0) is 60.2 Å². The van der Waals surface area contributed by atoms with Crippen molar-refractivity contribution in [3.05, 3.63) is 57.6 Å². The van der Waals surface area contributed by atoms with Crippen LogP contribution in [0.2, 0.25) is 0 Å². The summed E-state index contributed by atoms with van der Waals surface area (Å²) >= 11 is 3.56. The Kier molecular flexibility index (Phi) is 8.95. The minimum absolute atomic E-state index is 0.0470. The zero-order valence-corrected chi connectivity index (χ0v) is 25.2. The fourth-order valence-corrected chi connectivity index (χ4v) is 6.54. The molecule has 3 amide bonds. The van der Waals surface area contributed by atoms with Gasteiger partial charge in [-0.25, -0.2) is 8.42 Å². The molecule has 39 heavy (non-hydrogen) atoms. The van der Waals surface area contributed by atoms with Gasteiger partial charge >= 0.3 is 0 Å². The van der Waals surface area contributed by atoms with E-state index in [2.05, 4.69) is 35.4 Å². The summed E-state index contributed by atoms with van der Waals surface area (Å²) in [5, 5.41) is 6.21. The van der Waals surface area contributed by atoms with Gasteiger partial charge in [0, 0.05) is 41.5 Å². The van der Waals surface area contributed by atoms with E-state index >= 15 is 0 Å². The lowest BCUT2D eigenvalue weighted by Gasteiger charge is -2.29. The van der Waals surface area contributed by atoms with E-state index in [1.807, 2.05) is 19.1 Å². The number of halogens is 1. The van der Waals surface area contributed by atoms with Crippen molar-refractivity contribution in [2.24, 2.45) is 11.7 Å². The lowest BCUT2D eigenvalue weighted by molar-refractivity contribution is -0.127. The first-order chi connectivity index (χ1) is 18.3. The second-order valence-corrected chi connectivity index (χ2v) is 13.7. The fourth-order valence-electron chi connectivity index (χ4n) is 5.05. The maximum Gasteiger partial charge on any atom is 0.244 e. The number of nitrogens with zero attached hydrogens (tertiary/aromatic N) is 1. The first-order valence-electron chi connectivity index (χ1n) is 12.7. The van der Waals surface area contributed by atoms with Crippen LogP contribution in [0.15, 0.2) is 45.8 Å². The lowest BCUT2D eigenvalue weighted by atomic mass is 9.99. The molecule has 2 aromatic carbocycles. The quantitative estimate of drug-likeness (QED) is 0.343. The molecule has 0 aromatic heterocycles. The Morgan fingerprint density at radius 3 is 2.51 bits per heavy atom. The number of hydrogen-bond donors (Lipinski definition) is 3. The fraction of sp³-hybridized carbons (Fsp3) is 0.407. The Morgan fingerprint density at radius 2 is 1.87 bits per heavy atom. The second-order valence-electron chi connectivity index (χ2n) is 10.2. The van der Waals surface area contributed by atoms with E-state index in [1.54, 1.807) is 17.0 Å². The van der Waals surface area contributed by atoms with E-state index in [9.17, 15) is 22.8 Å². The molecule has 0 unspecified atom stereocenters. The van der Waals surface area contributed by atoms with Gasteiger partial charge in [0.15, 0.2) is 9.84 Å². The van der Waals surface area contributed by atoms with Gasteiger partial charge in [-0.1, -0.05) is 35.0 Å². The first kappa shape index (κ1) is 29.4. The van der Waals surface area contributed by atoms with Gasteiger partial charge in [-0.3, -0.25) is 24.6 Å². The van der Waals surface area contributed by atoms with E-state index in [0.717, 1.165) is 39.5 Å². The van der Waals surface area contributed by atoms with Gasteiger partial charge in [-0.2, -0.15) is 0 Å². The summed E-state index contributed by atoms with van der Waals surface area (Å²) in [7, 11) is 0.285. The number of hydrogen-bond acceptors (Lipinski definition) is 5. The number of carbonyl (C=O) groups excluding carboxylic acids is 3. The number of rotatable bonds is 10. The van der Waals surface area contributed by atoms with Crippen LogP contribution in [-0.4, -0.2) is 49.9 Å². The monoisotopic (exact) mass is 634 g/mol. The van der Waals surface area contributed by atoms with Crippen LogP contribution in [0.3, 0.4) is 0 Å².